The second-order valence-corrected chi connectivity index (χ2v) is 2.51. The van der Waals surface area contributed by atoms with Crippen LogP contribution in [0.25, 0.3) is 0 Å². The van der Waals surface area contributed by atoms with Crippen LogP contribution in [0.3, 0.4) is 0 Å². The molecule has 0 aromatic rings. The van der Waals surface area contributed by atoms with Gasteiger partial charge in [-0.3, -0.25) is 0 Å². The SMILES string of the molecule is O=C([O-])[C@@H](O)[C@H](O)[C@H](O)[C@@H](O)C(=O)[O-].[Fe+2]. The molecule has 0 fully saturated rings. The van der Waals surface area contributed by atoms with Gasteiger partial charge in [0.1, 0.15) is 24.4 Å². The van der Waals surface area contributed by atoms with Crippen molar-refractivity contribution < 1.29 is 57.3 Å². The molecule has 0 aliphatic rings. The Morgan fingerprint density at radius 1 is 0.800 bits per heavy atom. The molecule has 0 rings (SSSR count). The maximum atomic E-state index is 9.96. The number of carboxylic acids is 2. The molecule has 9 heteroatoms. The van der Waals surface area contributed by atoms with Crippen LogP contribution in [0.5, 0.6) is 0 Å². The zero-order valence-corrected chi connectivity index (χ0v) is 8.19. The second-order valence-electron chi connectivity index (χ2n) is 2.51. The van der Waals surface area contributed by atoms with Crippen LogP contribution in [0.2, 0.25) is 0 Å². The minimum Gasteiger partial charge on any atom is -0.547 e. The van der Waals surface area contributed by atoms with Crippen LogP contribution in [0.1, 0.15) is 0 Å². The quantitative estimate of drug-likeness (QED) is 0.356. The number of hydrogen-bond donors (Lipinski definition) is 4. The van der Waals surface area contributed by atoms with E-state index in [1.165, 1.54) is 0 Å². The van der Waals surface area contributed by atoms with E-state index in [4.69, 9.17) is 20.4 Å². The van der Waals surface area contributed by atoms with Crippen molar-refractivity contribution in [2.45, 2.75) is 24.4 Å². The van der Waals surface area contributed by atoms with Crippen LogP contribution in [-0.2, 0) is 26.7 Å². The molecular weight excluding hydrogens is 256 g/mol. The average Bonchev–Trinajstić information content (AvgIpc) is 2.12. The number of carbonyl (C=O) groups is 2. The minimum atomic E-state index is -2.50. The Bertz CT molecular complexity index is 207. The summed E-state index contributed by atoms with van der Waals surface area (Å²) < 4.78 is 0. The predicted octanol–water partition coefficient (Wildman–Crippen LogP) is -6.07. The average molecular weight is 264 g/mol. The molecule has 0 saturated carbocycles. The molecule has 0 aliphatic carbocycles. The number of aliphatic hydroxyl groups excluding tert-OH is 4. The molecule has 0 aromatic carbocycles. The van der Waals surface area contributed by atoms with Crippen LogP contribution in [0.4, 0.5) is 0 Å². The molecule has 0 heterocycles. The fraction of sp³-hybridized carbons (Fsp3) is 0.667. The number of carboxylic acid groups (broad SMARTS) is 2. The number of rotatable bonds is 5. The van der Waals surface area contributed by atoms with Gasteiger partial charge in [-0.05, 0) is 0 Å². The molecule has 4 N–H and O–H groups in total. The van der Waals surface area contributed by atoms with E-state index in [9.17, 15) is 19.8 Å². The predicted molar refractivity (Wildman–Crippen MR) is 34.0 cm³/mol. The molecule has 0 amide bonds. The van der Waals surface area contributed by atoms with Gasteiger partial charge >= 0.3 is 17.1 Å². The summed E-state index contributed by atoms with van der Waals surface area (Å²) in [6.45, 7) is 0. The Kier molecular flexibility index (Phi) is 7.49. The summed E-state index contributed by atoms with van der Waals surface area (Å²) in [5, 5.41) is 54.7. The number of carbonyl (C=O) groups excluding carboxylic acids is 2. The van der Waals surface area contributed by atoms with Gasteiger partial charge in [-0.15, -0.1) is 0 Å². The van der Waals surface area contributed by atoms with Gasteiger partial charge in [0.05, 0.1) is 11.9 Å². The molecule has 0 bridgehead atoms. The Morgan fingerprint density at radius 3 is 1.13 bits per heavy atom. The molecule has 0 aromatic heterocycles. The van der Waals surface area contributed by atoms with E-state index in [1.807, 2.05) is 0 Å². The smallest absolute Gasteiger partial charge is 0.547 e. The topological polar surface area (TPSA) is 161 Å². The molecule has 0 radical (unpaired) electrons. The van der Waals surface area contributed by atoms with Gasteiger partial charge in [-0.2, -0.15) is 0 Å². The van der Waals surface area contributed by atoms with Crippen molar-refractivity contribution in [3.63, 3.8) is 0 Å². The standard InChI is InChI=1S/C6H10O8.Fe/c7-1(3(9)5(11)12)2(8)4(10)6(13)14;/h1-4,7-10H,(H,11,12)(H,13,14);/q;+2/p-2/t1-,2+,3+,4-;. The van der Waals surface area contributed by atoms with Gasteiger partial charge < -0.3 is 40.2 Å². The molecule has 0 spiro atoms. The van der Waals surface area contributed by atoms with Crippen molar-refractivity contribution in [2.24, 2.45) is 0 Å². The third kappa shape index (κ3) is 4.56. The first-order valence-electron chi connectivity index (χ1n) is 3.43. The zero-order valence-electron chi connectivity index (χ0n) is 7.08. The summed E-state index contributed by atoms with van der Waals surface area (Å²) >= 11 is 0. The number of aliphatic hydroxyl groups is 4. The van der Waals surface area contributed by atoms with Gasteiger partial charge in [0, 0.05) is 0 Å². The summed E-state index contributed by atoms with van der Waals surface area (Å²) in [5.41, 5.74) is 0. The van der Waals surface area contributed by atoms with Crippen LogP contribution < -0.4 is 10.2 Å². The van der Waals surface area contributed by atoms with Crippen molar-refractivity contribution in [1.29, 1.82) is 0 Å². The maximum Gasteiger partial charge on any atom is 2.00 e. The van der Waals surface area contributed by atoms with E-state index in [2.05, 4.69) is 0 Å². The monoisotopic (exact) mass is 264 g/mol. The molecule has 15 heavy (non-hydrogen) atoms. The Labute approximate surface area is 94.2 Å². The fourth-order valence-electron chi connectivity index (χ4n) is 0.652. The van der Waals surface area contributed by atoms with E-state index >= 15 is 0 Å². The van der Waals surface area contributed by atoms with Crippen molar-refractivity contribution in [3.8, 4) is 0 Å². The number of hydrogen-bond acceptors (Lipinski definition) is 8. The first-order valence-corrected chi connectivity index (χ1v) is 3.43. The second kappa shape index (κ2) is 6.72. The van der Waals surface area contributed by atoms with Gasteiger partial charge in [0.2, 0.25) is 0 Å². The summed E-state index contributed by atoms with van der Waals surface area (Å²) in [4.78, 5) is 19.9. The van der Waals surface area contributed by atoms with Gasteiger partial charge in [-0.25, -0.2) is 0 Å². The van der Waals surface area contributed by atoms with E-state index in [1.54, 1.807) is 0 Å². The van der Waals surface area contributed by atoms with Gasteiger partial charge in [-0.1, -0.05) is 0 Å². The van der Waals surface area contributed by atoms with Crippen molar-refractivity contribution in [1.82, 2.24) is 0 Å². The summed E-state index contributed by atoms with van der Waals surface area (Å²) in [6, 6.07) is 0. The van der Waals surface area contributed by atoms with E-state index < -0.39 is 36.4 Å². The van der Waals surface area contributed by atoms with Crippen molar-refractivity contribution in [3.05, 3.63) is 0 Å². The summed E-state index contributed by atoms with van der Waals surface area (Å²) in [6.07, 6.45) is -9.76. The minimum absolute atomic E-state index is 0. The molecule has 88 valence electrons. The molecule has 0 unspecified atom stereocenters. The summed E-state index contributed by atoms with van der Waals surface area (Å²) in [7, 11) is 0. The third-order valence-electron chi connectivity index (χ3n) is 1.48. The Balaban J connectivity index is 0. The van der Waals surface area contributed by atoms with E-state index in [0.29, 0.717) is 0 Å². The van der Waals surface area contributed by atoms with Crippen LogP contribution in [0.15, 0.2) is 0 Å². The van der Waals surface area contributed by atoms with E-state index in [0.717, 1.165) is 0 Å². The Morgan fingerprint density at radius 2 is 1.00 bits per heavy atom. The largest absolute Gasteiger partial charge is 2.00 e. The Hall–Kier alpha value is -0.701. The third-order valence-corrected chi connectivity index (χ3v) is 1.48. The molecule has 0 saturated heterocycles. The van der Waals surface area contributed by atoms with E-state index in [-0.39, 0.29) is 17.1 Å². The maximum absolute atomic E-state index is 9.96. The molecular formula is C6H8FeO8. The number of aliphatic carboxylic acids is 2. The van der Waals surface area contributed by atoms with Crippen LogP contribution >= 0.6 is 0 Å². The van der Waals surface area contributed by atoms with Crippen molar-refractivity contribution >= 4 is 11.9 Å². The van der Waals surface area contributed by atoms with Crippen molar-refractivity contribution in [2.75, 3.05) is 0 Å². The van der Waals surface area contributed by atoms with Gasteiger partial charge in [0.15, 0.2) is 0 Å². The fourth-order valence-corrected chi connectivity index (χ4v) is 0.652. The first-order chi connectivity index (χ1) is 6.29. The van der Waals surface area contributed by atoms with Gasteiger partial charge in [0.25, 0.3) is 0 Å². The van der Waals surface area contributed by atoms with Crippen LogP contribution in [-0.4, -0.2) is 56.8 Å². The first kappa shape index (κ1) is 16.7. The normalized spacial score (nSPS) is 18.1. The molecule has 0 aliphatic heterocycles. The van der Waals surface area contributed by atoms with Crippen LogP contribution in [0, 0.1) is 0 Å². The molecule has 4 atom stereocenters. The molecule has 8 nitrogen and oxygen atoms in total. The summed E-state index contributed by atoms with van der Waals surface area (Å²) in [5.74, 6) is -4.22. The zero-order chi connectivity index (χ0) is 11.5.